The van der Waals surface area contributed by atoms with Crippen LogP contribution in [0.1, 0.15) is 5.56 Å². The van der Waals surface area contributed by atoms with E-state index in [9.17, 15) is 0 Å². The highest BCUT2D eigenvalue weighted by atomic mass is 32.1. The SMILES string of the molecule is COc1ccc(OC)c(Nc2ncnc3scc(-c4ccc(C)cc4)c23)c1. The first-order valence-electron chi connectivity index (χ1n) is 8.48. The lowest BCUT2D eigenvalue weighted by molar-refractivity contribution is 0.405. The third-order valence-electron chi connectivity index (χ3n) is 4.39. The molecule has 2 heterocycles. The summed E-state index contributed by atoms with van der Waals surface area (Å²) in [6, 6.07) is 14.1. The first-order valence-corrected chi connectivity index (χ1v) is 9.36. The van der Waals surface area contributed by atoms with Gasteiger partial charge >= 0.3 is 0 Å². The quantitative estimate of drug-likeness (QED) is 0.503. The number of rotatable bonds is 5. The Morgan fingerprint density at radius 1 is 0.963 bits per heavy atom. The number of fused-ring (bicyclic) bond motifs is 1. The van der Waals surface area contributed by atoms with Crippen LogP contribution in [0.25, 0.3) is 21.3 Å². The summed E-state index contributed by atoms with van der Waals surface area (Å²) in [7, 11) is 3.29. The Hall–Kier alpha value is -3.12. The van der Waals surface area contributed by atoms with Crippen LogP contribution in [-0.2, 0) is 0 Å². The van der Waals surface area contributed by atoms with E-state index in [1.165, 1.54) is 5.56 Å². The smallest absolute Gasteiger partial charge is 0.143 e. The number of aryl methyl sites for hydroxylation is 1. The van der Waals surface area contributed by atoms with Crippen molar-refractivity contribution in [3.8, 4) is 22.6 Å². The minimum atomic E-state index is 0.717. The molecule has 0 aliphatic rings. The van der Waals surface area contributed by atoms with Crippen molar-refractivity contribution in [2.75, 3.05) is 19.5 Å². The highest BCUT2D eigenvalue weighted by Crippen LogP contribution is 2.39. The summed E-state index contributed by atoms with van der Waals surface area (Å²) in [6.07, 6.45) is 1.58. The molecule has 4 aromatic rings. The van der Waals surface area contributed by atoms with Crippen LogP contribution in [0.2, 0.25) is 0 Å². The molecule has 0 aliphatic carbocycles. The second-order valence-electron chi connectivity index (χ2n) is 6.11. The van der Waals surface area contributed by atoms with Gasteiger partial charge in [0.1, 0.15) is 28.5 Å². The third-order valence-corrected chi connectivity index (χ3v) is 5.28. The van der Waals surface area contributed by atoms with Gasteiger partial charge in [0.05, 0.1) is 25.3 Å². The number of methoxy groups -OCH3 is 2. The molecule has 2 aromatic heterocycles. The van der Waals surface area contributed by atoms with Gasteiger partial charge in [-0.2, -0.15) is 0 Å². The standard InChI is InChI=1S/C21H19N3O2S/c1-13-4-6-14(7-5-13)16-11-27-21-19(16)20(22-12-23-21)24-17-10-15(25-2)8-9-18(17)26-3/h4-12H,1-3H3,(H,22,23,24). The molecular weight excluding hydrogens is 358 g/mol. The van der Waals surface area contributed by atoms with Gasteiger partial charge in [0, 0.05) is 17.0 Å². The van der Waals surface area contributed by atoms with E-state index in [1.54, 1.807) is 31.9 Å². The predicted molar refractivity (Wildman–Crippen MR) is 110 cm³/mol. The van der Waals surface area contributed by atoms with E-state index in [0.29, 0.717) is 0 Å². The molecular formula is C21H19N3O2S. The number of hydrogen-bond donors (Lipinski definition) is 1. The Balaban J connectivity index is 1.83. The Kier molecular flexibility index (Phi) is 4.64. The zero-order valence-corrected chi connectivity index (χ0v) is 16.1. The molecule has 5 nitrogen and oxygen atoms in total. The average Bonchev–Trinajstić information content (AvgIpc) is 3.14. The largest absolute Gasteiger partial charge is 0.497 e. The number of ether oxygens (including phenoxy) is 2. The van der Waals surface area contributed by atoms with Crippen molar-refractivity contribution in [1.29, 1.82) is 0 Å². The zero-order valence-electron chi connectivity index (χ0n) is 15.3. The molecule has 2 aromatic carbocycles. The Morgan fingerprint density at radius 3 is 2.52 bits per heavy atom. The van der Waals surface area contributed by atoms with Crippen molar-refractivity contribution in [1.82, 2.24) is 9.97 Å². The molecule has 27 heavy (non-hydrogen) atoms. The maximum absolute atomic E-state index is 5.48. The van der Waals surface area contributed by atoms with Crippen LogP contribution < -0.4 is 14.8 Å². The van der Waals surface area contributed by atoms with Gasteiger partial charge in [-0.05, 0) is 24.6 Å². The Morgan fingerprint density at radius 2 is 1.78 bits per heavy atom. The fourth-order valence-electron chi connectivity index (χ4n) is 2.95. The molecule has 0 saturated heterocycles. The maximum Gasteiger partial charge on any atom is 0.143 e. The van der Waals surface area contributed by atoms with Crippen LogP contribution in [0.3, 0.4) is 0 Å². The molecule has 4 rings (SSSR count). The van der Waals surface area contributed by atoms with Gasteiger partial charge < -0.3 is 14.8 Å². The third kappa shape index (κ3) is 3.31. The molecule has 0 saturated carbocycles. The van der Waals surface area contributed by atoms with Crippen molar-refractivity contribution >= 4 is 33.1 Å². The fourth-order valence-corrected chi connectivity index (χ4v) is 3.87. The number of hydrogen-bond acceptors (Lipinski definition) is 6. The lowest BCUT2D eigenvalue weighted by Crippen LogP contribution is -1.99. The first-order chi connectivity index (χ1) is 13.2. The summed E-state index contributed by atoms with van der Waals surface area (Å²) in [5, 5.41) is 6.52. The lowest BCUT2D eigenvalue weighted by atomic mass is 10.0. The molecule has 0 atom stereocenters. The van der Waals surface area contributed by atoms with Crippen LogP contribution in [0.4, 0.5) is 11.5 Å². The predicted octanol–water partition coefficient (Wildman–Crippen LogP) is 5.43. The Labute approximate surface area is 161 Å². The van der Waals surface area contributed by atoms with Crippen LogP contribution in [0.15, 0.2) is 54.2 Å². The normalized spacial score (nSPS) is 10.8. The van der Waals surface area contributed by atoms with Gasteiger partial charge in [-0.25, -0.2) is 9.97 Å². The molecule has 0 radical (unpaired) electrons. The molecule has 0 fully saturated rings. The minimum Gasteiger partial charge on any atom is -0.497 e. The lowest BCUT2D eigenvalue weighted by Gasteiger charge is -2.13. The van der Waals surface area contributed by atoms with Crippen molar-refractivity contribution in [2.24, 2.45) is 0 Å². The van der Waals surface area contributed by atoms with E-state index < -0.39 is 0 Å². The molecule has 0 unspecified atom stereocenters. The monoisotopic (exact) mass is 377 g/mol. The summed E-state index contributed by atoms with van der Waals surface area (Å²) in [6.45, 7) is 2.08. The number of benzene rings is 2. The van der Waals surface area contributed by atoms with E-state index in [4.69, 9.17) is 9.47 Å². The summed E-state index contributed by atoms with van der Waals surface area (Å²) < 4.78 is 10.8. The van der Waals surface area contributed by atoms with Gasteiger partial charge in [0.25, 0.3) is 0 Å². The molecule has 1 N–H and O–H groups in total. The summed E-state index contributed by atoms with van der Waals surface area (Å²) in [5.41, 5.74) is 4.27. The second-order valence-corrected chi connectivity index (χ2v) is 6.97. The molecule has 0 spiro atoms. The molecule has 0 bridgehead atoms. The van der Waals surface area contributed by atoms with Gasteiger partial charge in [-0.1, -0.05) is 29.8 Å². The van der Waals surface area contributed by atoms with Gasteiger partial charge in [-0.15, -0.1) is 11.3 Å². The van der Waals surface area contributed by atoms with Crippen molar-refractivity contribution in [3.05, 3.63) is 59.7 Å². The van der Waals surface area contributed by atoms with Crippen LogP contribution in [0.5, 0.6) is 11.5 Å². The van der Waals surface area contributed by atoms with Crippen LogP contribution in [-0.4, -0.2) is 24.2 Å². The molecule has 6 heteroatoms. The van der Waals surface area contributed by atoms with E-state index in [1.807, 2.05) is 18.2 Å². The van der Waals surface area contributed by atoms with Crippen molar-refractivity contribution < 1.29 is 9.47 Å². The average molecular weight is 377 g/mol. The van der Waals surface area contributed by atoms with E-state index >= 15 is 0 Å². The summed E-state index contributed by atoms with van der Waals surface area (Å²) >= 11 is 1.61. The molecule has 0 aliphatic heterocycles. The number of nitrogens with one attached hydrogen (secondary N) is 1. The topological polar surface area (TPSA) is 56.3 Å². The van der Waals surface area contributed by atoms with E-state index in [-0.39, 0.29) is 0 Å². The summed E-state index contributed by atoms with van der Waals surface area (Å²) in [5.74, 6) is 2.20. The van der Waals surface area contributed by atoms with Crippen LogP contribution >= 0.6 is 11.3 Å². The van der Waals surface area contributed by atoms with Gasteiger partial charge in [-0.3, -0.25) is 0 Å². The van der Waals surface area contributed by atoms with Gasteiger partial charge in [0.15, 0.2) is 0 Å². The van der Waals surface area contributed by atoms with Crippen molar-refractivity contribution in [3.63, 3.8) is 0 Å². The van der Waals surface area contributed by atoms with E-state index in [0.717, 1.165) is 44.3 Å². The van der Waals surface area contributed by atoms with Crippen molar-refractivity contribution in [2.45, 2.75) is 6.92 Å². The maximum atomic E-state index is 5.48. The number of thiophene rings is 1. The highest BCUT2D eigenvalue weighted by Gasteiger charge is 2.15. The van der Waals surface area contributed by atoms with E-state index in [2.05, 4.69) is 51.9 Å². The summed E-state index contributed by atoms with van der Waals surface area (Å²) in [4.78, 5) is 9.87. The van der Waals surface area contributed by atoms with Gasteiger partial charge in [0.2, 0.25) is 0 Å². The van der Waals surface area contributed by atoms with Crippen LogP contribution in [0, 0.1) is 6.92 Å². The Bertz CT molecular complexity index is 1090. The first kappa shape index (κ1) is 17.3. The molecule has 136 valence electrons. The number of anilines is 2. The number of nitrogens with zero attached hydrogens (tertiary/aromatic N) is 2. The zero-order chi connectivity index (χ0) is 18.8. The molecule has 0 amide bonds. The second kappa shape index (κ2) is 7.25. The highest BCUT2D eigenvalue weighted by molar-refractivity contribution is 7.17. The fraction of sp³-hybridized carbons (Fsp3) is 0.143. The number of aromatic nitrogens is 2. The minimum absolute atomic E-state index is 0.717.